The van der Waals surface area contributed by atoms with Gasteiger partial charge in [0.05, 0.1) is 0 Å². The van der Waals surface area contributed by atoms with E-state index in [9.17, 15) is 11.7 Å². The van der Waals surface area contributed by atoms with Gasteiger partial charge in [0.1, 0.15) is 0 Å². The molecule has 5 heavy (non-hydrogen) atoms. The van der Waals surface area contributed by atoms with Gasteiger partial charge in [0.25, 0.3) is 0 Å². The second-order valence-corrected chi connectivity index (χ2v) is 1.15. The number of halogens is 3. The van der Waals surface area contributed by atoms with Crippen LogP contribution in [-0.4, -0.2) is 4.55 Å². The molecule has 1 nitrogen and oxygen atoms in total. The Morgan fingerprint density at radius 2 is 1.20 bits per heavy atom. The molecule has 0 saturated carbocycles. The maximum absolute atomic E-state index is 9.99. The van der Waals surface area contributed by atoms with Gasteiger partial charge in [0, 0.05) is 0 Å². The quantitative estimate of drug-likeness (QED) is 0.500. The lowest BCUT2D eigenvalue weighted by Gasteiger charge is -1.92. The van der Waals surface area contributed by atoms with Gasteiger partial charge in [-0.15, -0.1) is 0 Å². The van der Waals surface area contributed by atoms with Gasteiger partial charge in [-0.05, 0) is 0 Å². The first-order chi connectivity index (χ1) is 2.00. The highest BCUT2D eigenvalue weighted by molar-refractivity contribution is 8.15. The third-order valence-corrected chi connectivity index (χ3v) is 0. The Balaban J connectivity index is 3.02. The van der Waals surface area contributed by atoms with Crippen LogP contribution in [0, 0.1) is 0 Å². The van der Waals surface area contributed by atoms with E-state index >= 15 is 0 Å². The van der Waals surface area contributed by atoms with Crippen LogP contribution in [0.3, 0.4) is 0 Å². The van der Waals surface area contributed by atoms with Crippen LogP contribution in [0.5, 0.6) is 0 Å². The second kappa shape index (κ2) is 1.06. The number of hydrogen-bond donors (Lipinski definition) is 1. The minimum absolute atomic E-state index is 5.67. The molecule has 0 rings (SSSR count). The van der Waals surface area contributed by atoms with Crippen molar-refractivity contribution in [1.82, 2.24) is 0 Å². The smallest absolute Gasteiger partial charge is 0.277 e. The summed E-state index contributed by atoms with van der Waals surface area (Å²) in [4.78, 5) is 0. The van der Waals surface area contributed by atoms with Gasteiger partial charge in [-0.25, -0.2) is 0 Å². The van der Waals surface area contributed by atoms with Crippen LogP contribution in [0.4, 0.5) is 11.7 Å². The third-order valence-electron chi connectivity index (χ3n) is 0. The third kappa shape index (κ3) is 1810. The van der Waals surface area contributed by atoms with E-state index in [2.05, 4.69) is 0 Å². The van der Waals surface area contributed by atoms with Crippen molar-refractivity contribution in [2.45, 2.75) is 0 Å². The van der Waals surface area contributed by atoms with Crippen LogP contribution >= 0.6 is 11.5 Å². The zero-order valence-electron chi connectivity index (χ0n) is 1.99. The van der Waals surface area contributed by atoms with E-state index in [0.717, 1.165) is 0 Å². The first-order valence-corrected chi connectivity index (χ1v) is 1.94. The largest absolute Gasteiger partial charge is 0.337 e. The van der Waals surface area contributed by atoms with Crippen molar-refractivity contribution in [3.05, 3.63) is 0 Å². The summed E-state index contributed by atoms with van der Waals surface area (Å²) in [6.45, 7) is 0. The Kier molecular flexibility index (Phi) is 1.08. The molecule has 0 amide bonds. The highest BCUT2D eigenvalue weighted by Crippen LogP contribution is 2.47. The lowest BCUT2D eigenvalue weighted by Crippen LogP contribution is -1.60. The molecule has 0 aliphatic rings. The highest BCUT2D eigenvalue weighted by Gasteiger charge is 2.11. The maximum Gasteiger partial charge on any atom is 0.337 e. The van der Waals surface area contributed by atoms with Gasteiger partial charge < -0.3 is 0 Å². The fraction of sp³-hybridized carbons (Fsp3) is 0. The van der Waals surface area contributed by atoms with E-state index in [-0.39, 0.29) is 0 Å². The summed E-state index contributed by atoms with van der Waals surface area (Å²) in [6, 6.07) is 0. The molecule has 0 aromatic carbocycles. The number of rotatable bonds is 0. The highest BCUT2D eigenvalue weighted by atomic mass is 32.4. The summed E-state index contributed by atoms with van der Waals surface area (Å²) in [5.74, 6) is 0. The van der Waals surface area contributed by atoms with Crippen LogP contribution in [0.25, 0.3) is 0 Å². The van der Waals surface area contributed by atoms with Crippen LogP contribution in [0.2, 0.25) is 0 Å². The summed E-state index contributed by atoms with van der Waals surface area (Å²) in [7, 11) is 0. The average molecular weight is 106 g/mol. The molecule has 0 spiro atoms. The average Bonchev–Trinajstić information content (AvgIpc) is 0.722. The van der Waals surface area contributed by atoms with Gasteiger partial charge in [-0.1, -0.05) is 11.7 Å². The molecule has 0 aliphatic heterocycles. The van der Waals surface area contributed by atoms with Crippen molar-refractivity contribution in [3.63, 3.8) is 0 Å². The van der Waals surface area contributed by atoms with Crippen LogP contribution in [-0.2, 0) is 0 Å². The molecular weight excluding hydrogens is 105 g/mol. The molecule has 0 radical (unpaired) electrons. The van der Waals surface area contributed by atoms with E-state index in [0.29, 0.717) is 0 Å². The molecule has 0 fully saturated rings. The van der Waals surface area contributed by atoms with Gasteiger partial charge in [0.2, 0.25) is 0 Å². The van der Waals surface area contributed by atoms with Crippen LogP contribution in [0.15, 0.2) is 0 Å². The minimum atomic E-state index is -5.67. The lowest BCUT2D eigenvalue weighted by molar-refractivity contribution is 0.446. The Bertz CT molecular complexity index is 22.4. The van der Waals surface area contributed by atoms with Gasteiger partial charge in [-0.2, -0.15) is 0 Å². The predicted molar refractivity (Wildman–Crippen MR) is 13.5 cm³/mol. The normalized spacial score (nSPS) is 15.2. The maximum atomic E-state index is 9.99. The summed E-state index contributed by atoms with van der Waals surface area (Å²) >= 11 is -5.67. The zero-order chi connectivity index (χ0) is 4.50. The first kappa shape index (κ1) is 5.10. The monoisotopic (exact) mass is 106 g/mol. The van der Waals surface area contributed by atoms with Crippen molar-refractivity contribution in [3.8, 4) is 0 Å². The summed E-state index contributed by atoms with van der Waals surface area (Å²) in [5, 5.41) is 0. The Morgan fingerprint density at radius 3 is 1.20 bits per heavy atom. The molecule has 0 unspecified atom stereocenters. The molecule has 34 valence electrons. The predicted octanol–water partition coefficient (Wildman–Crippen LogP) is 1.92. The molecule has 1 N–H and O–H groups in total. The summed E-state index contributed by atoms with van der Waals surface area (Å²) < 4.78 is 36.6. The number of hydrogen-bond acceptors (Lipinski definition) is 1. The molecule has 0 aromatic rings. The van der Waals surface area contributed by atoms with Crippen molar-refractivity contribution in [2.75, 3.05) is 0 Å². The zero-order valence-corrected chi connectivity index (χ0v) is 2.81. The fourth-order valence-corrected chi connectivity index (χ4v) is 0. The Hall–Kier alpha value is 0.100. The fourth-order valence-electron chi connectivity index (χ4n) is 0. The lowest BCUT2D eigenvalue weighted by atomic mass is 15.9. The molecule has 0 aromatic heterocycles. The van der Waals surface area contributed by atoms with Gasteiger partial charge in [0.15, 0.2) is 0 Å². The topological polar surface area (TPSA) is 20.2 Å². The summed E-state index contributed by atoms with van der Waals surface area (Å²) in [6.07, 6.45) is 0. The van der Waals surface area contributed by atoms with Crippen molar-refractivity contribution in [2.24, 2.45) is 0 Å². The van der Waals surface area contributed by atoms with E-state index in [1.165, 1.54) is 0 Å². The molecule has 0 aliphatic carbocycles. The van der Waals surface area contributed by atoms with E-state index in [4.69, 9.17) is 4.55 Å². The first-order valence-electron chi connectivity index (χ1n) is 0.645. The molecule has 0 atom stereocenters. The Morgan fingerprint density at radius 1 is 1.20 bits per heavy atom. The minimum Gasteiger partial charge on any atom is -0.277 e. The molecule has 0 saturated heterocycles. The van der Waals surface area contributed by atoms with E-state index in [1.807, 2.05) is 0 Å². The van der Waals surface area contributed by atoms with Crippen molar-refractivity contribution in [1.29, 1.82) is 0 Å². The second-order valence-electron chi connectivity index (χ2n) is 0.382. The van der Waals surface area contributed by atoms with Gasteiger partial charge >= 0.3 is 11.5 Å². The van der Waals surface area contributed by atoms with Crippen LogP contribution < -0.4 is 0 Å². The summed E-state index contributed by atoms with van der Waals surface area (Å²) in [5.41, 5.74) is 0. The van der Waals surface area contributed by atoms with E-state index < -0.39 is 11.5 Å². The van der Waals surface area contributed by atoms with Crippen molar-refractivity contribution < 1.29 is 16.2 Å². The molecular formula is HF3OS. The van der Waals surface area contributed by atoms with E-state index in [1.54, 1.807) is 0 Å². The van der Waals surface area contributed by atoms with Gasteiger partial charge in [-0.3, -0.25) is 4.55 Å². The Labute approximate surface area is 28.8 Å². The molecule has 0 heterocycles. The molecule has 5 heteroatoms. The van der Waals surface area contributed by atoms with Crippen LogP contribution in [0.1, 0.15) is 0 Å². The molecule has 0 bridgehead atoms. The SMILES string of the molecule is OS(F)(F)F. The standard InChI is InChI=1S/F3HOS/c1-5(2,3)4/h4H. The van der Waals surface area contributed by atoms with Crippen molar-refractivity contribution >= 4 is 11.5 Å².